The Morgan fingerprint density at radius 3 is 2.24 bits per heavy atom. The predicted octanol–water partition coefficient (Wildman–Crippen LogP) is 3.77. The van der Waals surface area contributed by atoms with Gasteiger partial charge in [-0.1, -0.05) is 18.2 Å². The van der Waals surface area contributed by atoms with E-state index in [2.05, 4.69) is 0 Å². The third kappa shape index (κ3) is 5.80. The molecule has 0 saturated carbocycles. The number of ketones is 1. The maximum absolute atomic E-state index is 12.2. The second kappa shape index (κ2) is 9.08. The molecule has 0 spiro atoms. The van der Waals surface area contributed by atoms with Gasteiger partial charge in [-0.25, -0.2) is 0 Å². The van der Waals surface area contributed by atoms with Crippen molar-refractivity contribution in [3.8, 4) is 5.75 Å². The number of allylic oxidation sites excluding steroid dienone is 1. The number of carbonyl (C=O) groups excluding carboxylic acids is 2. The molecule has 130 valence electrons. The smallest absolute Gasteiger partial charge is 0.259 e. The maximum Gasteiger partial charge on any atom is 0.259 e. The summed E-state index contributed by atoms with van der Waals surface area (Å²) in [6.45, 7) is -0.0216. The summed E-state index contributed by atoms with van der Waals surface area (Å²) in [6, 6.07) is 14.8. The van der Waals surface area contributed by atoms with Crippen molar-refractivity contribution in [3.05, 3.63) is 65.7 Å². The minimum Gasteiger partial charge on any atom is -0.484 e. The summed E-state index contributed by atoms with van der Waals surface area (Å²) in [7, 11) is 3.35. The Labute approximate surface area is 152 Å². The van der Waals surface area contributed by atoms with Gasteiger partial charge in [-0.15, -0.1) is 11.8 Å². The number of carbonyl (C=O) groups is 2. The quantitative estimate of drug-likeness (QED) is 0.431. The number of hydrogen-bond acceptors (Lipinski definition) is 4. The van der Waals surface area contributed by atoms with Crippen LogP contribution in [0, 0.1) is 0 Å². The topological polar surface area (TPSA) is 46.6 Å². The zero-order valence-corrected chi connectivity index (χ0v) is 15.4. The van der Waals surface area contributed by atoms with Gasteiger partial charge in [-0.2, -0.15) is 0 Å². The van der Waals surface area contributed by atoms with Crippen molar-refractivity contribution >= 4 is 29.5 Å². The molecule has 0 bridgehead atoms. The van der Waals surface area contributed by atoms with Gasteiger partial charge < -0.3 is 9.64 Å². The van der Waals surface area contributed by atoms with Crippen LogP contribution in [0.3, 0.4) is 0 Å². The summed E-state index contributed by atoms with van der Waals surface area (Å²) in [5.74, 6) is 0.365. The predicted molar refractivity (Wildman–Crippen MR) is 102 cm³/mol. The van der Waals surface area contributed by atoms with Crippen LogP contribution in [-0.4, -0.2) is 43.5 Å². The highest BCUT2D eigenvalue weighted by molar-refractivity contribution is 7.98. The molecule has 0 aliphatic rings. The second-order valence-corrected chi connectivity index (χ2v) is 6.45. The molecule has 0 fully saturated rings. The third-order valence-corrected chi connectivity index (χ3v) is 4.29. The molecule has 0 heterocycles. The summed E-state index contributed by atoms with van der Waals surface area (Å²) >= 11 is 1.68. The molecule has 5 heteroatoms. The van der Waals surface area contributed by atoms with Gasteiger partial charge in [0.05, 0.1) is 0 Å². The lowest BCUT2D eigenvalue weighted by molar-refractivity contribution is -0.130. The average Bonchev–Trinajstić information content (AvgIpc) is 2.64. The van der Waals surface area contributed by atoms with Crippen LogP contribution < -0.4 is 4.74 Å². The molecule has 0 aliphatic carbocycles. The van der Waals surface area contributed by atoms with Gasteiger partial charge in [-0.3, -0.25) is 9.59 Å². The van der Waals surface area contributed by atoms with E-state index in [4.69, 9.17) is 4.74 Å². The first-order chi connectivity index (χ1) is 12.0. The highest BCUT2D eigenvalue weighted by Gasteiger charge is 2.06. The minimum atomic E-state index is -0.115. The monoisotopic (exact) mass is 355 g/mol. The van der Waals surface area contributed by atoms with Crippen LogP contribution >= 0.6 is 11.8 Å². The summed E-state index contributed by atoms with van der Waals surface area (Å²) in [5, 5.41) is 0. The number of benzene rings is 2. The van der Waals surface area contributed by atoms with Crippen molar-refractivity contribution in [1.29, 1.82) is 0 Å². The van der Waals surface area contributed by atoms with Crippen molar-refractivity contribution in [2.75, 3.05) is 27.0 Å². The number of rotatable bonds is 7. The molecular formula is C20H21NO3S. The fourth-order valence-electron chi connectivity index (χ4n) is 1.97. The van der Waals surface area contributed by atoms with E-state index < -0.39 is 0 Å². The third-order valence-electron chi connectivity index (χ3n) is 3.54. The first-order valence-corrected chi connectivity index (χ1v) is 9.01. The largest absolute Gasteiger partial charge is 0.484 e. The van der Waals surface area contributed by atoms with Gasteiger partial charge in [0.1, 0.15) is 5.75 Å². The van der Waals surface area contributed by atoms with E-state index in [1.54, 1.807) is 62.3 Å². The van der Waals surface area contributed by atoms with Gasteiger partial charge in [0, 0.05) is 24.6 Å². The first-order valence-electron chi connectivity index (χ1n) is 7.79. The molecule has 0 aliphatic heterocycles. The molecule has 2 aromatic rings. The lowest BCUT2D eigenvalue weighted by Crippen LogP contribution is -2.27. The SMILES string of the molecule is CSc1ccc(/C=C/C(=O)c2ccc(OCC(=O)N(C)C)cc2)cc1. The van der Waals surface area contributed by atoms with E-state index in [-0.39, 0.29) is 18.3 Å². The van der Waals surface area contributed by atoms with E-state index in [1.165, 1.54) is 9.80 Å². The fourth-order valence-corrected chi connectivity index (χ4v) is 2.38. The van der Waals surface area contributed by atoms with Crippen LogP contribution in [0.15, 0.2) is 59.5 Å². The summed E-state index contributed by atoms with van der Waals surface area (Å²) < 4.78 is 5.39. The lowest BCUT2D eigenvalue weighted by Gasteiger charge is -2.11. The average molecular weight is 355 g/mol. The Morgan fingerprint density at radius 1 is 1.04 bits per heavy atom. The van der Waals surface area contributed by atoms with Crippen molar-refractivity contribution < 1.29 is 14.3 Å². The maximum atomic E-state index is 12.2. The number of amides is 1. The molecule has 4 nitrogen and oxygen atoms in total. The molecule has 25 heavy (non-hydrogen) atoms. The van der Waals surface area contributed by atoms with Gasteiger partial charge in [0.25, 0.3) is 5.91 Å². The van der Waals surface area contributed by atoms with Gasteiger partial charge >= 0.3 is 0 Å². The Balaban J connectivity index is 1.95. The highest BCUT2D eigenvalue weighted by atomic mass is 32.2. The molecule has 2 aromatic carbocycles. The molecular weight excluding hydrogens is 334 g/mol. The van der Waals surface area contributed by atoms with Crippen molar-refractivity contribution in [2.24, 2.45) is 0 Å². The Kier molecular flexibility index (Phi) is 6.83. The van der Waals surface area contributed by atoms with E-state index in [0.29, 0.717) is 11.3 Å². The van der Waals surface area contributed by atoms with Gasteiger partial charge in [0.2, 0.25) is 0 Å². The number of likely N-dealkylation sites (N-methyl/N-ethyl adjacent to an activating group) is 1. The molecule has 0 N–H and O–H groups in total. The lowest BCUT2D eigenvalue weighted by atomic mass is 10.1. The first kappa shape index (κ1) is 18.8. The highest BCUT2D eigenvalue weighted by Crippen LogP contribution is 2.16. The number of thioether (sulfide) groups is 1. The van der Waals surface area contributed by atoms with Gasteiger partial charge in [0.15, 0.2) is 12.4 Å². The van der Waals surface area contributed by atoms with Crippen molar-refractivity contribution in [2.45, 2.75) is 4.90 Å². The molecule has 0 aromatic heterocycles. The van der Waals surface area contributed by atoms with Crippen LogP contribution in [-0.2, 0) is 4.79 Å². The summed E-state index contributed by atoms with van der Waals surface area (Å²) in [6.07, 6.45) is 5.38. The number of nitrogens with zero attached hydrogens (tertiary/aromatic N) is 1. The molecule has 0 atom stereocenters. The van der Waals surface area contributed by atoms with E-state index >= 15 is 0 Å². The fraction of sp³-hybridized carbons (Fsp3) is 0.200. The molecule has 2 rings (SSSR count). The zero-order valence-electron chi connectivity index (χ0n) is 14.6. The summed E-state index contributed by atoms with van der Waals surface area (Å²) in [4.78, 5) is 26.4. The second-order valence-electron chi connectivity index (χ2n) is 5.57. The van der Waals surface area contributed by atoms with E-state index in [0.717, 1.165) is 5.56 Å². The van der Waals surface area contributed by atoms with E-state index in [1.807, 2.05) is 30.5 Å². The van der Waals surface area contributed by atoms with Crippen LogP contribution in [0.5, 0.6) is 5.75 Å². The minimum absolute atomic E-state index is 0.0216. The molecule has 0 saturated heterocycles. The van der Waals surface area contributed by atoms with Crippen LogP contribution in [0.1, 0.15) is 15.9 Å². The zero-order chi connectivity index (χ0) is 18.2. The van der Waals surface area contributed by atoms with Crippen LogP contribution in [0.2, 0.25) is 0 Å². The van der Waals surface area contributed by atoms with E-state index in [9.17, 15) is 9.59 Å². The molecule has 1 amide bonds. The van der Waals surface area contributed by atoms with Crippen LogP contribution in [0.4, 0.5) is 0 Å². The summed E-state index contributed by atoms with van der Waals surface area (Å²) in [5.41, 5.74) is 1.55. The Morgan fingerprint density at radius 2 is 1.68 bits per heavy atom. The van der Waals surface area contributed by atoms with Crippen molar-refractivity contribution in [1.82, 2.24) is 4.90 Å². The standard InChI is InChI=1S/C20H21NO3S/c1-21(2)20(23)14-24-17-9-7-16(8-10-17)19(22)13-6-15-4-11-18(25-3)12-5-15/h4-13H,14H2,1-3H3/b13-6+. The number of hydrogen-bond donors (Lipinski definition) is 0. The van der Waals surface area contributed by atoms with Crippen LogP contribution in [0.25, 0.3) is 6.08 Å². The molecule has 0 radical (unpaired) electrons. The van der Waals surface area contributed by atoms with Gasteiger partial charge in [-0.05, 0) is 54.3 Å². The molecule has 0 unspecified atom stereocenters. The Hall–Kier alpha value is -2.53. The Bertz CT molecular complexity index is 750. The van der Waals surface area contributed by atoms with Crippen molar-refractivity contribution in [3.63, 3.8) is 0 Å². The normalized spacial score (nSPS) is 10.7. The number of ether oxygens (including phenoxy) is 1.